The van der Waals surface area contributed by atoms with E-state index in [-0.39, 0.29) is 31.6 Å². The highest BCUT2D eigenvalue weighted by Gasteiger charge is 2.51. The molecule has 0 aliphatic carbocycles. The lowest BCUT2D eigenvalue weighted by atomic mass is 9.82. The Morgan fingerprint density at radius 2 is 1.25 bits per heavy atom. The Balaban J connectivity index is 1.92. The molecule has 3 heterocycles. The number of allylic oxidation sites excluding steroid dienone is 12. The van der Waals surface area contributed by atoms with Crippen LogP contribution in [0.2, 0.25) is 0 Å². The fraction of sp³-hybridized carbons (Fsp3) is 0.660. The van der Waals surface area contributed by atoms with Crippen LogP contribution in [0.25, 0.3) is 0 Å². The van der Waals surface area contributed by atoms with Gasteiger partial charge in [-0.25, -0.2) is 0 Å². The van der Waals surface area contributed by atoms with Gasteiger partial charge >= 0.3 is 11.9 Å². The van der Waals surface area contributed by atoms with Crippen LogP contribution in [0.15, 0.2) is 85.1 Å². The Hall–Kier alpha value is -3.93. The molecule has 0 unspecified atom stereocenters. The molecule has 19 nitrogen and oxygen atoms in total. The first-order valence-corrected chi connectivity index (χ1v) is 23.6. The molecule has 0 radical (unpaired) electrons. The van der Waals surface area contributed by atoms with E-state index in [0.717, 1.165) is 7.11 Å². The lowest BCUT2D eigenvalue weighted by Gasteiger charge is -2.45. The summed E-state index contributed by atoms with van der Waals surface area (Å²) in [5, 5.41) is 112. The monoisotopic (exact) mass is 980 g/mol. The number of rotatable bonds is 4. The van der Waals surface area contributed by atoms with Crippen molar-refractivity contribution in [3.63, 3.8) is 0 Å². The summed E-state index contributed by atoms with van der Waals surface area (Å²) in [6.45, 7) is 7.95. The lowest BCUT2D eigenvalue weighted by molar-refractivity contribution is -0.309. The van der Waals surface area contributed by atoms with Crippen molar-refractivity contribution < 1.29 is 89.1 Å². The van der Waals surface area contributed by atoms with Gasteiger partial charge in [0.05, 0.1) is 80.6 Å². The zero-order chi connectivity index (χ0) is 51.4. The van der Waals surface area contributed by atoms with E-state index in [4.69, 9.17) is 23.7 Å². The second-order valence-corrected chi connectivity index (χ2v) is 18.4. The Morgan fingerprint density at radius 3 is 1.83 bits per heavy atom. The van der Waals surface area contributed by atoms with Gasteiger partial charge in [0.2, 0.25) is 5.91 Å². The molecule has 390 valence electrons. The van der Waals surface area contributed by atoms with Crippen LogP contribution >= 0.6 is 0 Å². The highest BCUT2D eigenvalue weighted by atomic mass is 16.7. The summed E-state index contributed by atoms with van der Waals surface area (Å²) in [7, 11) is 1.10. The smallest absolute Gasteiger partial charge is 0.313 e. The van der Waals surface area contributed by atoms with E-state index in [1.165, 1.54) is 19.9 Å². The molecule has 11 N–H and O–H groups in total. The number of ether oxygens (including phenoxy) is 5. The van der Waals surface area contributed by atoms with Gasteiger partial charge in [-0.05, 0) is 33.1 Å². The van der Waals surface area contributed by atoms with E-state index in [0.29, 0.717) is 0 Å². The molecule has 1 amide bonds. The first-order chi connectivity index (χ1) is 32.5. The maximum atomic E-state index is 13.1. The van der Waals surface area contributed by atoms with Gasteiger partial charge in [-0.1, -0.05) is 98.9 Å². The van der Waals surface area contributed by atoms with Gasteiger partial charge in [-0.3, -0.25) is 14.4 Å². The molecule has 3 aliphatic heterocycles. The normalized spacial score (nSPS) is 43.4. The number of cyclic esters (lactones) is 1. The summed E-state index contributed by atoms with van der Waals surface area (Å²) in [6, 6.07) is -1.19. The van der Waals surface area contributed by atoms with Crippen LogP contribution in [-0.4, -0.2) is 173 Å². The predicted octanol–water partition coefficient (Wildman–Crippen LogP) is 0.978. The van der Waals surface area contributed by atoms with Crippen molar-refractivity contribution in [1.29, 1.82) is 0 Å². The topological polar surface area (TPSA) is 312 Å². The third-order valence-electron chi connectivity index (χ3n) is 12.5. The molecule has 2 fully saturated rings. The average Bonchev–Trinajstić information content (AvgIpc) is 3.26. The average molecular weight is 980 g/mol. The molecule has 2 bridgehead atoms. The van der Waals surface area contributed by atoms with Crippen LogP contribution in [0.5, 0.6) is 0 Å². The number of fused-ring (bicyclic) bond motifs is 2. The first-order valence-electron chi connectivity index (χ1n) is 23.6. The second-order valence-electron chi connectivity index (χ2n) is 18.4. The van der Waals surface area contributed by atoms with Crippen LogP contribution in [0.1, 0.15) is 86.0 Å². The maximum absolute atomic E-state index is 13.1. The number of carbonyl (C=O) groups is 3. The number of esters is 2. The largest absolute Gasteiger partial charge is 0.469 e. The molecule has 0 aromatic rings. The molecule has 19 atom stereocenters. The van der Waals surface area contributed by atoms with Gasteiger partial charge in [0.25, 0.3) is 0 Å². The third kappa shape index (κ3) is 20.0. The molecule has 3 rings (SSSR count). The van der Waals surface area contributed by atoms with Gasteiger partial charge < -0.3 is 80.1 Å². The number of amides is 1. The van der Waals surface area contributed by atoms with E-state index in [9.17, 15) is 65.4 Å². The molecule has 0 spiro atoms. The number of aliphatic hydroxyl groups excluding tert-OH is 9. The second kappa shape index (κ2) is 29.4. The number of nitrogens with one attached hydrogen (secondary N) is 1. The molecular formula is C50H77NO18. The van der Waals surface area contributed by atoms with Crippen molar-refractivity contribution in [1.82, 2.24) is 5.32 Å². The molecule has 0 saturated carbocycles. The lowest BCUT2D eigenvalue weighted by Crippen LogP contribution is -2.64. The molecule has 0 aromatic carbocycles. The SMILES string of the molecule is COC(=O)[C@H]1[C@@H]2C[C@@H](O[C@@H]3O[C@H](C)[C@@H](O)[C@H](NC(C)=O)[C@@H]3O)/C=C/C=C/C=C/C=C/C=C/C=C/C=C\[C@H](C)[C@@H](O)[C@@H](C)[C@H](C)OC(=O)C[C@H](O)C[C@H](O)CC[C@@H](O)[C@H](O)C[C@H](O)C[C@](O)(C[C@@H]1O)O2. The van der Waals surface area contributed by atoms with Crippen molar-refractivity contribution in [2.24, 2.45) is 17.8 Å². The summed E-state index contributed by atoms with van der Waals surface area (Å²) in [4.78, 5) is 37.8. The van der Waals surface area contributed by atoms with E-state index < -0.39 is 153 Å². The number of carbonyl (C=O) groups excluding carboxylic acids is 3. The summed E-state index contributed by atoms with van der Waals surface area (Å²) < 4.78 is 28.6. The third-order valence-corrected chi connectivity index (χ3v) is 12.5. The molecule has 69 heavy (non-hydrogen) atoms. The summed E-state index contributed by atoms with van der Waals surface area (Å²) in [5.74, 6) is -6.58. The van der Waals surface area contributed by atoms with Gasteiger partial charge in [-0.2, -0.15) is 0 Å². The van der Waals surface area contributed by atoms with Crippen molar-refractivity contribution in [3.8, 4) is 0 Å². The number of aliphatic hydroxyl groups is 10. The van der Waals surface area contributed by atoms with Crippen LogP contribution in [0, 0.1) is 17.8 Å². The first kappa shape index (κ1) is 59.4. The predicted molar refractivity (Wildman–Crippen MR) is 251 cm³/mol. The van der Waals surface area contributed by atoms with Crippen LogP contribution < -0.4 is 5.32 Å². The Morgan fingerprint density at radius 1 is 0.667 bits per heavy atom. The highest BCUT2D eigenvalue weighted by molar-refractivity contribution is 5.74. The van der Waals surface area contributed by atoms with Crippen LogP contribution in [-0.2, 0) is 38.1 Å². The summed E-state index contributed by atoms with van der Waals surface area (Å²) in [5.41, 5.74) is 0. The van der Waals surface area contributed by atoms with Gasteiger partial charge in [0.15, 0.2) is 12.1 Å². The van der Waals surface area contributed by atoms with Crippen LogP contribution in [0.3, 0.4) is 0 Å². The Bertz CT molecular complexity index is 1800. The Kier molecular flexibility index (Phi) is 25.3. The minimum atomic E-state index is -2.30. The fourth-order valence-electron chi connectivity index (χ4n) is 8.46. The number of hydrogen-bond donors (Lipinski definition) is 11. The van der Waals surface area contributed by atoms with Crippen molar-refractivity contribution in [2.75, 3.05) is 7.11 Å². The highest BCUT2D eigenvalue weighted by Crippen LogP contribution is 2.38. The quantitative estimate of drug-likeness (QED) is 0.175. The van der Waals surface area contributed by atoms with E-state index >= 15 is 0 Å². The fourth-order valence-corrected chi connectivity index (χ4v) is 8.46. The van der Waals surface area contributed by atoms with E-state index in [1.54, 1.807) is 74.6 Å². The molecule has 3 aliphatic rings. The minimum absolute atomic E-state index is 0.107. The van der Waals surface area contributed by atoms with Crippen molar-refractivity contribution in [2.45, 2.75) is 183 Å². The number of hydrogen-bond acceptors (Lipinski definition) is 18. The molecular weight excluding hydrogens is 903 g/mol. The van der Waals surface area contributed by atoms with Gasteiger partial charge in [0.1, 0.15) is 24.2 Å². The molecule has 19 heteroatoms. The van der Waals surface area contributed by atoms with Crippen molar-refractivity contribution >= 4 is 17.8 Å². The molecule has 2 saturated heterocycles. The zero-order valence-corrected chi connectivity index (χ0v) is 40.4. The zero-order valence-electron chi connectivity index (χ0n) is 40.4. The minimum Gasteiger partial charge on any atom is -0.469 e. The molecule has 0 aromatic heterocycles. The summed E-state index contributed by atoms with van der Waals surface area (Å²) in [6.07, 6.45) is 3.52. The standard InChI is InChI=1S/C50H77NO18/c1-29-19-17-15-13-11-9-7-8-10-12-14-16-18-20-37(68-49-47(62)44(51-33(5)52)46(61)32(4)67-49)26-41-43(48(63)65-6)40(58)28-50(64,69-41)27-36(55)24-39(57)38(56)22-21-34(53)23-35(54)25-42(59)66-31(3)30(2)45(29)60/h7-20,29-32,34-41,43-47,49,53-58,60-62,64H,21-28H2,1-6H3,(H,51,52)/b8-7+,11-9+,12-10+,15-13+,16-14+,19-17-,20-18+/t29-,30-,31-,32+,34+,35+,36-,37-,38+,39+,40-,41-,43+,44-,45+,46+,47-,49-,50+/m0/s1. The van der Waals surface area contributed by atoms with Gasteiger partial charge in [-0.15, -0.1) is 0 Å². The van der Waals surface area contributed by atoms with E-state index in [1.807, 2.05) is 25.2 Å². The van der Waals surface area contributed by atoms with E-state index in [2.05, 4.69) is 5.32 Å². The van der Waals surface area contributed by atoms with Crippen LogP contribution in [0.4, 0.5) is 0 Å². The van der Waals surface area contributed by atoms with Gasteiger partial charge in [0, 0.05) is 44.4 Å². The maximum Gasteiger partial charge on any atom is 0.313 e. The number of methoxy groups -OCH3 is 1. The van der Waals surface area contributed by atoms with Crippen molar-refractivity contribution in [3.05, 3.63) is 85.1 Å². The summed E-state index contributed by atoms with van der Waals surface area (Å²) >= 11 is 0. The Labute approximate surface area is 404 Å².